The molecule has 2 fully saturated rings. The molecule has 3 aromatic carbocycles. The van der Waals surface area contributed by atoms with Crippen LogP contribution in [0.1, 0.15) is 30.7 Å². The van der Waals surface area contributed by atoms with Gasteiger partial charge in [-0.25, -0.2) is 9.78 Å². The highest BCUT2D eigenvalue weighted by atomic mass is 16.4. The number of hydrogen-bond acceptors (Lipinski definition) is 9. The van der Waals surface area contributed by atoms with E-state index in [2.05, 4.69) is 31.3 Å². The normalized spacial score (nSPS) is 19.6. The lowest BCUT2D eigenvalue weighted by Gasteiger charge is -2.29. The zero-order valence-corrected chi connectivity index (χ0v) is 28.4. The van der Waals surface area contributed by atoms with Crippen molar-refractivity contribution in [1.29, 1.82) is 0 Å². The summed E-state index contributed by atoms with van der Waals surface area (Å²) in [6.07, 6.45) is 4.36. The minimum Gasteiger partial charge on any atom is -0.441 e. The standard InChI is InChI=1S/C38H36N8O5/c1-23-39-31-19-27(7-10-32(31)50-23)34-29-20-28(8-9-30(29)40-41-34)46-18-14-38(36(46)48)13-17-44(22-38)21-33(47)45-15-11-25(12-16-45)24-3-5-26(6-4-24)35-42-43(2)37(49)51-35/h3-11,19-20H,12-18,21-22H2,1-2H3,(H,40,41)/t38-/m0/s1. The van der Waals surface area contributed by atoms with E-state index < -0.39 is 11.2 Å². The van der Waals surface area contributed by atoms with Gasteiger partial charge in [-0.05, 0) is 85.5 Å². The van der Waals surface area contributed by atoms with Crippen LogP contribution in [0.3, 0.4) is 0 Å². The average Bonchev–Trinajstić information content (AvgIpc) is 3.97. The molecule has 9 rings (SSSR count). The maximum atomic E-state index is 14.1. The highest BCUT2D eigenvalue weighted by molar-refractivity contribution is 6.03. The number of aromatic amines is 1. The molecule has 13 nitrogen and oxygen atoms in total. The van der Waals surface area contributed by atoms with Crippen molar-refractivity contribution >= 4 is 45.1 Å². The Kier molecular flexibility index (Phi) is 7.28. The number of carbonyl (C=O) groups excluding carboxylic acids is 2. The number of anilines is 1. The summed E-state index contributed by atoms with van der Waals surface area (Å²) in [7, 11) is 1.55. The smallest absolute Gasteiger partial charge is 0.437 e. The molecule has 3 aliphatic rings. The van der Waals surface area contributed by atoms with Crippen LogP contribution >= 0.6 is 0 Å². The van der Waals surface area contributed by atoms with Crippen molar-refractivity contribution in [2.24, 2.45) is 12.5 Å². The third-order valence-corrected chi connectivity index (χ3v) is 10.7. The molecule has 6 heterocycles. The molecule has 0 bridgehead atoms. The van der Waals surface area contributed by atoms with Crippen LogP contribution < -0.4 is 10.7 Å². The zero-order chi connectivity index (χ0) is 34.9. The second-order valence-corrected chi connectivity index (χ2v) is 13.9. The molecular weight excluding hydrogens is 648 g/mol. The molecule has 13 heteroatoms. The number of nitrogens with zero attached hydrogens (tertiary/aromatic N) is 7. The fourth-order valence-electron chi connectivity index (χ4n) is 7.86. The van der Waals surface area contributed by atoms with Gasteiger partial charge in [0.1, 0.15) is 11.2 Å². The number of fused-ring (bicyclic) bond motifs is 2. The fourth-order valence-corrected chi connectivity index (χ4v) is 7.86. The van der Waals surface area contributed by atoms with E-state index in [4.69, 9.17) is 8.83 Å². The maximum absolute atomic E-state index is 14.1. The summed E-state index contributed by atoms with van der Waals surface area (Å²) in [5.74, 6) is 0.621. The number of rotatable bonds is 6. The largest absolute Gasteiger partial charge is 0.441 e. The van der Waals surface area contributed by atoms with Gasteiger partial charge >= 0.3 is 5.76 Å². The molecule has 1 spiro atoms. The zero-order valence-electron chi connectivity index (χ0n) is 28.4. The van der Waals surface area contributed by atoms with E-state index in [0.717, 1.165) is 75.9 Å². The summed E-state index contributed by atoms with van der Waals surface area (Å²) in [6, 6.07) is 19.6. The van der Waals surface area contributed by atoms with Crippen LogP contribution in [0.15, 0.2) is 80.4 Å². The Morgan fingerprint density at radius 2 is 1.75 bits per heavy atom. The summed E-state index contributed by atoms with van der Waals surface area (Å²) in [5, 5.41) is 12.8. The minimum atomic E-state index is -0.498. The lowest BCUT2D eigenvalue weighted by Crippen LogP contribution is -2.43. The topological polar surface area (TPSA) is 147 Å². The SMILES string of the molecule is Cc1nc2cc(-c3n[nH]c4ccc(N5CC[C@]6(CCN(CC(=O)N7CC=C(c8ccc(-c9nn(C)c(=O)o9)cc8)CC7)C6)C5=O)cc34)ccc2o1. The second kappa shape index (κ2) is 11.9. The first-order valence-corrected chi connectivity index (χ1v) is 17.2. The van der Waals surface area contributed by atoms with Crippen molar-refractivity contribution in [3.8, 4) is 22.7 Å². The van der Waals surface area contributed by atoms with Gasteiger partial charge in [0.05, 0.1) is 17.5 Å². The lowest BCUT2D eigenvalue weighted by molar-refractivity contribution is -0.132. The number of likely N-dealkylation sites (tertiary alicyclic amines) is 1. The van der Waals surface area contributed by atoms with E-state index in [1.54, 1.807) is 7.05 Å². The van der Waals surface area contributed by atoms with Gasteiger partial charge in [0.2, 0.25) is 17.7 Å². The van der Waals surface area contributed by atoms with Crippen LogP contribution in [-0.4, -0.2) is 85.8 Å². The monoisotopic (exact) mass is 684 g/mol. The average molecular weight is 685 g/mol. The van der Waals surface area contributed by atoms with Crippen LogP contribution in [0.25, 0.3) is 50.3 Å². The van der Waals surface area contributed by atoms with Gasteiger partial charge in [-0.3, -0.25) is 19.6 Å². The summed E-state index contributed by atoms with van der Waals surface area (Å²) in [5.41, 5.74) is 7.49. The van der Waals surface area contributed by atoms with Crippen LogP contribution in [0.5, 0.6) is 0 Å². The Labute approximate surface area is 292 Å². The molecule has 2 saturated heterocycles. The third-order valence-electron chi connectivity index (χ3n) is 10.7. The van der Waals surface area contributed by atoms with E-state index in [-0.39, 0.29) is 17.7 Å². The molecule has 0 aliphatic carbocycles. The maximum Gasteiger partial charge on any atom is 0.437 e. The van der Waals surface area contributed by atoms with Crippen LogP contribution in [0.2, 0.25) is 0 Å². The van der Waals surface area contributed by atoms with Crippen LogP contribution in [0, 0.1) is 12.3 Å². The van der Waals surface area contributed by atoms with Crippen molar-refractivity contribution in [1.82, 2.24) is 34.8 Å². The van der Waals surface area contributed by atoms with Crippen LogP contribution in [0.4, 0.5) is 5.69 Å². The highest BCUT2D eigenvalue weighted by Gasteiger charge is 2.51. The lowest BCUT2D eigenvalue weighted by atomic mass is 9.85. The Morgan fingerprint density at radius 3 is 2.53 bits per heavy atom. The summed E-state index contributed by atoms with van der Waals surface area (Å²) in [4.78, 5) is 49.5. The first-order chi connectivity index (χ1) is 24.7. The van der Waals surface area contributed by atoms with E-state index >= 15 is 0 Å². The van der Waals surface area contributed by atoms with Crippen molar-refractivity contribution in [3.63, 3.8) is 0 Å². The van der Waals surface area contributed by atoms with Gasteiger partial charge in [-0.2, -0.15) is 9.78 Å². The molecule has 2 amide bonds. The van der Waals surface area contributed by atoms with E-state index in [1.165, 1.54) is 10.3 Å². The summed E-state index contributed by atoms with van der Waals surface area (Å²) >= 11 is 0. The van der Waals surface area contributed by atoms with Crippen molar-refractivity contribution in [3.05, 3.63) is 88.7 Å². The van der Waals surface area contributed by atoms with Gasteiger partial charge in [-0.1, -0.05) is 18.2 Å². The predicted molar refractivity (Wildman–Crippen MR) is 191 cm³/mol. The number of amides is 2. The Hall–Kier alpha value is -5.82. The van der Waals surface area contributed by atoms with E-state index in [0.29, 0.717) is 38.6 Å². The highest BCUT2D eigenvalue weighted by Crippen LogP contribution is 2.43. The number of benzene rings is 3. The van der Waals surface area contributed by atoms with Crippen molar-refractivity contribution < 1.29 is 18.4 Å². The Bertz CT molecular complexity index is 2440. The third kappa shape index (κ3) is 5.44. The molecule has 258 valence electrons. The van der Waals surface area contributed by atoms with Gasteiger partial charge < -0.3 is 18.6 Å². The molecule has 1 N–H and O–H groups in total. The van der Waals surface area contributed by atoms with Crippen molar-refractivity contribution in [2.75, 3.05) is 44.2 Å². The molecule has 3 aromatic heterocycles. The molecule has 6 aromatic rings. The Morgan fingerprint density at radius 1 is 0.941 bits per heavy atom. The van der Waals surface area contributed by atoms with Crippen molar-refractivity contribution in [2.45, 2.75) is 26.2 Å². The summed E-state index contributed by atoms with van der Waals surface area (Å²) < 4.78 is 12.0. The number of H-pyrrole nitrogens is 1. The van der Waals surface area contributed by atoms with Gasteiger partial charge in [0, 0.05) is 62.4 Å². The molecule has 0 saturated carbocycles. The van der Waals surface area contributed by atoms with Crippen LogP contribution in [-0.2, 0) is 16.6 Å². The minimum absolute atomic E-state index is 0.0853. The van der Waals surface area contributed by atoms with Gasteiger partial charge in [-0.15, -0.1) is 5.10 Å². The first-order valence-electron chi connectivity index (χ1n) is 17.2. The van der Waals surface area contributed by atoms with Gasteiger partial charge in [0.15, 0.2) is 11.5 Å². The number of oxazole rings is 1. The molecule has 3 aliphatic heterocycles. The second-order valence-electron chi connectivity index (χ2n) is 13.9. The number of hydrogen-bond donors (Lipinski definition) is 1. The Balaban J connectivity index is 0.839. The summed E-state index contributed by atoms with van der Waals surface area (Å²) in [6.45, 7) is 5.26. The van der Waals surface area contributed by atoms with E-state index in [1.807, 2.05) is 77.4 Å². The number of aryl methyl sites for hydroxylation is 2. The quantitative estimate of drug-likeness (QED) is 0.262. The fraction of sp³-hybridized carbons (Fsp3) is 0.316. The molecule has 0 unspecified atom stereocenters. The number of carbonyl (C=O) groups is 2. The molecular formula is C38H36N8O5. The molecule has 51 heavy (non-hydrogen) atoms. The number of aromatic nitrogens is 5. The van der Waals surface area contributed by atoms with E-state index in [9.17, 15) is 14.4 Å². The first kappa shape index (κ1) is 31.2. The predicted octanol–water partition coefficient (Wildman–Crippen LogP) is 4.78. The molecule has 0 radical (unpaired) electrons. The molecule has 1 atom stereocenters. The van der Waals surface area contributed by atoms with Gasteiger partial charge in [0.25, 0.3) is 0 Å². The number of nitrogens with one attached hydrogen (secondary N) is 1.